The first-order valence-electron chi connectivity index (χ1n) is 11.4. The van der Waals surface area contributed by atoms with E-state index in [0.29, 0.717) is 35.2 Å². The molecular weight excluding hydrogens is 450 g/mol. The second-order valence-electron chi connectivity index (χ2n) is 8.18. The van der Waals surface area contributed by atoms with Gasteiger partial charge < -0.3 is 19.5 Å². The summed E-state index contributed by atoms with van der Waals surface area (Å²) in [6.45, 7) is 5.36. The van der Waals surface area contributed by atoms with Gasteiger partial charge in [-0.1, -0.05) is 35.5 Å². The average molecular weight is 480 g/mol. The van der Waals surface area contributed by atoms with Gasteiger partial charge in [-0.25, -0.2) is 0 Å². The number of carbonyl (C=O) groups excluding carboxylic acids is 2. The molecule has 3 aromatic rings. The maximum Gasteiger partial charge on any atom is 0.254 e. The molecule has 8 nitrogen and oxygen atoms in total. The van der Waals surface area contributed by atoms with E-state index in [0.717, 1.165) is 24.2 Å². The Bertz CT molecular complexity index is 1180. The van der Waals surface area contributed by atoms with Crippen LogP contribution in [0.5, 0.6) is 5.75 Å². The summed E-state index contributed by atoms with van der Waals surface area (Å²) in [6.07, 6.45) is 1.76. The third-order valence-corrected chi connectivity index (χ3v) is 6.79. The molecule has 1 N–H and O–H groups in total. The van der Waals surface area contributed by atoms with Crippen LogP contribution in [0.4, 0.5) is 5.69 Å². The summed E-state index contributed by atoms with van der Waals surface area (Å²) in [4.78, 5) is 27.6. The van der Waals surface area contributed by atoms with Crippen LogP contribution in [0.1, 0.15) is 47.6 Å². The van der Waals surface area contributed by atoms with Crippen LogP contribution < -0.4 is 10.1 Å². The summed E-state index contributed by atoms with van der Waals surface area (Å²) in [6, 6.07) is 14.8. The molecule has 0 bridgehead atoms. The summed E-state index contributed by atoms with van der Waals surface area (Å²) in [5.41, 5.74) is 2.43. The van der Waals surface area contributed by atoms with Crippen molar-refractivity contribution in [2.45, 2.75) is 44.4 Å². The van der Waals surface area contributed by atoms with Gasteiger partial charge in [0.1, 0.15) is 5.75 Å². The number of hydrogen-bond acceptors (Lipinski definition) is 6. The fourth-order valence-corrected chi connectivity index (χ4v) is 5.01. The molecule has 1 unspecified atom stereocenters. The number of methoxy groups -OCH3 is 1. The monoisotopic (exact) mass is 479 g/mol. The zero-order chi connectivity index (χ0) is 24.1. The van der Waals surface area contributed by atoms with Crippen molar-refractivity contribution in [3.8, 4) is 5.75 Å². The van der Waals surface area contributed by atoms with E-state index < -0.39 is 0 Å². The van der Waals surface area contributed by atoms with Crippen molar-refractivity contribution >= 4 is 29.3 Å². The predicted octanol–water partition coefficient (Wildman–Crippen LogP) is 4.32. The largest absolute Gasteiger partial charge is 0.497 e. The van der Waals surface area contributed by atoms with Crippen LogP contribution in [0.25, 0.3) is 0 Å². The minimum atomic E-state index is -0.137. The quantitative estimate of drug-likeness (QED) is 0.484. The van der Waals surface area contributed by atoms with E-state index in [1.807, 2.05) is 65.8 Å². The molecule has 34 heavy (non-hydrogen) atoms. The molecule has 1 fully saturated rings. The lowest BCUT2D eigenvalue weighted by Gasteiger charge is -2.24. The van der Waals surface area contributed by atoms with Gasteiger partial charge in [-0.2, -0.15) is 0 Å². The number of anilines is 1. The highest BCUT2D eigenvalue weighted by Gasteiger charge is 2.34. The standard InChI is InChI=1S/C25H29N5O3S/c1-4-29-23(21-12-7-13-30(21)24(32)18-9-5-8-17(2)14-18)27-28-25(29)34-16-22(31)26-19-10-6-11-20(15-19)33-3/h5-6,8-11,14-15,21H,4,7,12-13,16H2,1-3H3,(H,26,31). The van der Waals surface area contributed by atoms with E-state index in [9.17, 15) is 9.59 Å². The lowest BCUT2D eigenvalue weighted by Crippen LogP contribution is -2.32. The smallest absolute Gasteiger partial charge is 0.254 e. The van der Waals surface area contributed by atoms with Crippen molar-refractivity contribution in [3.05, 3.63) is 65.5 Å². The Morgan fingerprint density at radius 1 is 1.18 bits per heavy atom. The molecule has 9 heteroatoms. The lowest BCUT2D eigenvalue weighted by molar-refractivity contribution is -0.113. The highest BCUT2D eigenvalue weighted by Crippen LogP contribution is 2.34. The van der Waals surface area contributed by atoms with Gasteiger partial charge in [0.15, 0.2) is 11.0 Å². The summed E-state index contributed by atoms with van der Waals surface area (Å²) >= 11 is 1.34. The van der Waals surface area contributed by atoms with Gasteiger partial charge in [0.25, 0.3) is 5.91 Å². The molecule has 0 spiro atoms. The Morgan fingerprint density at radius 2 is 2.00 bits per heavy atom. The predicted molar refractivity (Wildman–Crippen MR) is 132 cm³/mol. The van der Waals surface area contributed by atoms with Gasteiger partial charge in [-0.05, 0) is 51.0 Å². The second-order valence-corrected chi connectivity index (χ2v) is 9.12. The topological polar surface area (TPSA) is 89.3 Å². The van der Waals surface area contributed by atoms with Gasteiger partial charge in [0.05, 0.1) is 18.9 Å². The van der Waals surface area contributed by atoms with E-state index in [2.05, 4.69) is 15.5 Å². The lowest BCUT2D eigenvalue weighted by atomic mass is 10.1. The maximum absolute atomic E-state index is 13.2. The first kappa shape index (κ1) is 23.8. The highest BCUT2D eigenvalue weighted by atomic mass is 32.2. The van der Waals surface area contributed by atoms with Crippen LogP contribution in [0.3, 0.4) is 0 Å². The van der Waals surface area contributed by atoms with Gasteiger partial charge in [0.2, 0.25) is 5.91 Å². The van der Waals surface area contributed by atoms with Crippen molar-refractivity contribution in [2.24, 2.45) is 0 Å². The van der Waals surface area contributed by atoms with Crippen LogP contribution >= 0.6 is 11.8 Å². The van der Waals surface area contributed by atoms with Crippen LogP contribution in [0.2, 0.25) is 0 Å². The third kappa shape index (κ3) is 5.25. The van der Waals surface area contributed by atoms with Gasteiger partial charge in [-0.15, -0.1) is 10.2 Å². The number of nitrogens with one attached hydrogen (secondary N) is 1. The molecular formula is C25H29N5O3S. The molecule has 1 saturated heterocycles. The Hall–Kier alpha value is -3.33. The zero-order valence-corrected chi connectivity index (χ0v) is 20.5. The van der Waals surface area contributed by atoms with E-state index >= 15 is 0 Å². The number of amides is 2. The summed E-state index contributed by atoms with van der Waals surface area (Å²) in [7, 11) is 1.59. The summed E-state index contributed by atoms with van der Waals surface area (Å²) in [5, 5.41) is 12.4. The van der Waals surface area contributed by atoms with E-state index in [4.69, 9.17) is 4.74 Å². The Balaban J connectivity index is 1.45. The highest BCUT2D eigenvalue weighted by molar-refractivity contribution is 7.99. The number of benzene rings is 2. The molecule has 2 heterocycles. The zero-order valence-electron chi connectivity index (χ0n) is 19.7. The number of likely N-dealkylation sites (tertiary alicyclic amines) is 1. The first-order chi connectivity index (χ1) is 16.5. The van der Waals surface area contributed by atoms with Crippen LogP contribution in [0.15, 0.2) is 53.7 Å². The van der Waals surface area contributed by atoms with Crippen molar-refractivity contribution in [1.29, 1.82) is 0 Å². The molecule has 1 aliphatic rings. The molecule has 178 valence electrons. The SMILES string of the molecule is CCn1c(SCC(=O)Nc2cccc(OC)c2)nnc1C1CCCN1C(=O)c1cccc(C)c1. The van der Waals surface area contributed by atoms with E-state index in [1.165, 1.54) is 11.8 Å². The molecule has 1 aliphatic heterocycles. The molecule has 4 rings (SSSR count). The van der Waals surface area contributed by atoms with Gasteiger partial charge >= 0.3 is 0 Å². The fourth-order valence-electron chi connectivity index (χ4n) is 4.20. The number of ether oxygens (including phenoxy) is 1. The normalized spacial score (nSPS) is 15.4. The number of thioether (sulfide) groups is 1. The second kappa shape index (κ2) is 10.7. The van der Waals surface area contributed by atoms with Crippen molar-refractivity contribution in [3.63, 3.8) is 0 Å². The molecule has 0 radical (unpaired) electrons. The van der Waals surface area contributed by atoms with Crippen molar-refractivity contribution < 1.29 is 14.3 Å². The Labute approximate surface area is 203 Å². The summed E-state index contributed by atoms with van der Waals surface area (Å²) in [5.74, 6) is 1.54. The van der Waals surface area contributed by atoms with Crippen molar-refractivity contribution in [2.75, 3.05) is 24.7 Å². The number of aryl methyl sites for hydroxylation is 1. The fraction of sp³-hybridized carbons (Fsp3) is 0.360. The van der Waals surface area contributed by atoms with Crippen LogP contribution in [-0.2, 0) is 11.3 Å². The summed E-state index contributed by atoms with van der Waals surface area (Å²) < 4.78 is 7.21. The third-order valence-electron chi connectivity index (χ3n) is 5.82. The molecule has 0 aliphatic carbocycles. The average Bonchev–Trinajstić information content (AvgIpc) is 3.49. The molecule has 2 amide bonds. The van der Waals surface area contributed by atoms with Crippen LogP contribution in [0, 0.1) is 6.92 Å². The molecule has 2 aromatic carbocycles. The number of hydrogen-bond donors (Lipinski definition) is 1. The Morgan fingerprint density at radius 3 is 2.76 bits per heavy atom. The van der Waals surface area contributed by atoms with Gasteiger partial charge in [0, 0.05) is 30.4 Å². The van der Waals surface area contributed by atoms with E-state index in [1.54, 1.807) is 13.2 Å². The number of aromatic nitrogens is 3. The minimum Gasteiger partial charge on any atom is -0.497 e. The van der Waals surface area contributed by atoms with Crippen LogP contribution in [-0.4, -0.2) is 50.9 Å². The maximum atomic E-state index is 13.2. The number of rotatable bonds is 8. The number of nitrogens with zero attached hydrogens (tertiary/aromatic N) is 4. The molecule has 1 aromatic heterocycles. The number of carbonyl (C=O) groups is 2. The Kier molecular flexibility index (Phi) is 7.52. The van der Waals surface area contributed by atoms with Gasteiger partial charge in [-0.3, -0.25) is 9.59 Å². The minimum absolute atomic E-state index is 0.0173. The first-order valence-corrected chi connectivity index (χ1v) is 12.4. The van der Waals surface area contributed by atoms with E-state index in [-0.39, 0.29) is 23.6 Å². The molecule has 1 atom stereocenters. The molecule has 0 saturated carbocycles. The van der Waals surface area contributed by atoms with Crippen molar-refractivity contribution in [1.82, 2.24) is 19.7 Å².